The van der Waals surface area contributed by atoms with E-state index >= 15 is 0 Å². The van der Waals surface area contributed by atoms with Gasteiger partial charge in [0.25, 0.3) is 11.7 Å². The summed E-state index contributed by atoms with van der Waals surface area (Å²) in [7, 11) is 3.68. The van der Waals surface area contributed by atoms with Gasteiger partial charge in [0.1, 0.15) is 11.6 Å². The molecular formula is C20H23FN4O3. The number of aliphatic hydroxyl groups is 1. The van der Waals surface area contributed by atoms with Crippen molar-refractivity contribution in [2.45, 2.75) is 19.9 Å². The first kappa shape index (κ1) is 19.8. The molecule has 1 saturated heterocycles. The highest BCUT2D eigenvalue weighted by atomic mass is 19.1. The van der Waals surface area contributed by atoms with E-state index in [4.69, 9.17) is 0 Å². The number of ketones is 1. The number of aryl methyl sites for hydroxylation is 2. The minimum Gasteiger partial charge on any atom is -0.507 e. The number of rotatable bonds is 5. The van der Waals surface area contributed by atoms with E-state index in [0.717, 1.165) is 0 Å². The molecule has 148 valence electrons. The molecular weight excluding hydrogens is 363 g/mol. The number of nitrogens with zero attached hydrogens (tertiary/aromatic N) is 3. The van der Waals surface area contributed by atoms with Crippen molar-refractivity contribution in [3.05, 3.63) is 58.2 Å². The van der Waals surface area contributed by atoms with Crippen LogP contribution in [0.2, 0.25) is 0 Å². The molecule has 2 heterocycles. The van der Waals surface area contributed by atoms with Gasteiger partial charge in [0.15, 0.2) is 0 Å². The zero-order chi connectivity index (χ0) is 20.6. The smallest absolute Gasteiger partial charge is 0.295 e. The van der Waals surface area contributed by atoms with Crippen LogP contribution in [0.25, 0.3) is 5.76 Å². The Hall–Kier alpha value is -3.00. The summed E-state index contributed by atoms with van der Waals surface area (Å²) in [6.45, 7) is 4.09. The minimum atomic E-state index is -1.00. The number of carbonyl (C=O) groups is 2. The molecule has 1 amide bonds. The zero-order valence-corrected chi connectivity index (χ0v) is 16.3. The number of aliphatic hydroxyl groups excluding tert-OH is 1. The van der Waals surface area contributed by atoms with Crippen molar-refractivity contribution in [2.24, 2.45) is 0 Å². The standard InChI is InChI=1S/C20H23FN4O3/c1-11-15(12(2)23-22-11)18(26)16-17(13-7-5-6-8-14(13)21)25(10-9-24(3)4)20(28)19(16)27/h5-8,17,26H,9-10H2,1-4H3,(H,22,23)/t17-/m1/s1. The molecule has 1 atom stereocenters. The molecule has 1 aromatic carbocycles. The molecule has 7 nitrogen and oxygen atoms in total. The van der Waals surface area contributed by atoms with Gasteiger partial charge in [0.05, 0.1) is 22.9 Å². The summed E-state index contributed by atoms with van der Waals surface area (Å²) in [4.78, 5) is 28.8. The maximum absolute atomic E-state index is 14.6. The number of carbonyl (C=O) groups excluding carboxylic acids is 2. The van der Waals surface area contributed by atoms with Crippen molar-refractivity contribution in [2.75, 3.05) is 27.2 Å². The van der Waals surface area contributed by atoms with Gasteiger partial charge in [0.2, 0.25) is 0 Å². The van der Waals surface area contributed by atoms with E-state index in [2.05, 4.69) is 10.2 Å². The second-order valence-corrected chi connectivity index (χ2v) is 7.13. The van der Waals surface area contributed by atoms with E-state index in [-0.39, 0.29) is 23.4 Å². The number of likely N-dealkylation sites (N-methyl/N-ethyl adjacent to an activating group) is 1. The van der Waals surface area contributed by atoms with Crippen molar-refractivity contribution >= 4 is 17.4 Å². The van der Waals surface area contributed by atoms with Crippen LogP contribution in [0.5, 0.6) is 0 Å². The summed E-state index contributed by atoms with van der Waals surface area (Å²) >= 11 is 0. The van der Waals surface area contributed by atoms with E-state index < -0.39 is 23.5 Å². The summed E-state index contributed by atoms with van der Waals surface area (Å²) in [6.07, 6.45) is 0. The topological polar surface area (TPSA) is 89.5 Å². The van der Waals surface area contributed by atoms with E-state index in [9.17, 15) is 19.1 Å². The maximum atomic E-state index is 14.6. The molecule has 0 spiro atoms. The third-order valence-corrected chi connectivity index (χ3v) is 4.89. The number of likely N-dealkylation sites (tertiary alicyclic amines) is 1. The van der Waals surface area contributed by atoms with Gasteiger partial charge in [-0.3, -0.25) is 14.7 Å². The summed E-state index contributed by atoms with van der Waals surface area (Å²) in [5.41, 5.74) is 1.44. The summed E-state index contributed by atoms with van der Waals surface area (Å²) in [5.74, 6) is -2.47. The van der Waals surface area contributed by atoms with Crippen molar-refractivity contribution < 1.29 is 19.1 Å². The zero-order valence-electron chi connectivity index (χ0n) is 16.3. The van der Waals surface area contributed by atoms with Crippen LogP contribution in [-0.2, 0) is 9.59 Å². The second-order valence-electron chi connectivity index (χ2n) is 7.13. The molecule has 0 unspecified atom stereocenters. The second kappa shape index (κ2) is 7.55. The normalized spacial score (nSPS) is 19.1. The Balaban J connectivity index is 2.22. The van der Waals surface area contributed by atoms with Gasteiger partial charge in [-0.1, -0.05) is 18.2 Å². The molecule has 2 aromatic rings. The van der Waals surface area contributed by atoms with Gasteiger partial charge in [0, 0.05) is 24.3 Å². The number of nitrogens with one attached hydrogen (secondary N) is 1. The quantitative estimate of drug-likeness (QED) is 0.467. The molecule has 0 radical (unpaired) electrons. The molecule has 0 saturated carbocycles. The molecule has 1 aromatic heterocycles. The Labute approximate surface area is 162 Å². The Bertz CT molecular complexity index is 945. The van der Waals surface area contributed by atoms with Crippen LogP contribution in [0.3, 0.4) is 0 Å². The van der Waals surface area contributed by atoms with E-state index in [0.29, 0.717) is 23.5 Å². The van der Waals surface area contributed by atoms with Crippen molar-refractivity contribution in [3.8, 4) is 0 Å². The lowest BCUT2D eigenvalue weighted by molar-refractivity contribution is -0.140. The third-order valence-electron chi connectivity index (χ3n) is 4.89. The number of amides is 1. The molecule has 28 heavy (non-hydrogen) atoms. The Morgan fingerprint density at radius 2 is 1.96 bits per heavy atom. The first-order valence-corrected chi connectivity index (χ1v) is 8.93. The largest absolute Gasteiger partial charge is 0.507 e. The highest BCUT2D eigenvalue weighted by molar-refractivity contribution is 6.46. The average Bonchev–Trinajstić information content (AvgIpc) is 3.10. The predicted octanol–water partition coefficient (Wildman–Crippen LogP) is 2.15. The van der Waals surface area contributed by atoms with Gasteiger partial charge >= 0.3 is 0 Å². The SMILES string of the molecule is Cc1n[nH]c(C)c1C(O)=C1C(=O)C(=O)N(CCN(C)C)[C@@H]1c1ccccc1F. The fourth-order valence-electron chi connectivity index (χ4n) is 3.47. The van der Waals surface area contributed by atoms with Gasteiger partial charge in [-0.15, -0.1) is 0 Å². The first-order chi connectivity index (χ1) is 13.2. The Kier molecular flexibility index (Phi) is 5.33. The predicted molar refractivity (Wildman–Crippen MR) is 102 cm³/mol. The summed E-state index contributed by atoms with van der Waals surface area (Å²) < 4.78 is 14.6. The lowest BCUT2D eigenvalue weighted by Gasteiger charge is -2.26. The molecule has 3 rings (SSSR count). The van der Waals surface area contributed by atoms with Crippen molar-refractivity contribution in [1.82, 2.24) is 20.0 Å². The van der Waals surface area contributed by atoms with E-state index in [1.165, 1.54) is 23.1 Å². The molecule has 0 aliphatic carbocycles. The number of benzene rings is 1. The highest BCUT2D eigenvalue weighted by Crippen LogP contribution is 2.40. The number of H-pyrrole nitrogens is 1. The van der Waals surface area contributed by atoms with Gasteiger partial charge in [-0.25, -0.2) is 4.39 Å². The van der Waals surface area contributed by atoms with E-state index in [1.54, 1.807) is 19.9 Å². The molecule has 2 N–H and O–H groups in total. The number of halogens is 1. The molecule has 1 fully saturated rings. The van der Waals surface area contributed by atoms with Crippen molar-refractivity contribution in [1.29, 1.82) is 0 Å². The van der Waals surface area contributed by atoms with Crippen LogP contribution in [0.1, 0.15) is 28.6 Å². The number of Topliss-reactive ketones (excluding diaryl/α,β-unsaturated/α-hetero) is 1. The number of hydrogen-bond acceptors (Lipinski definition) is 5. The molecule has 1 aliphatic rings. The van der Waals surface area contributed by atoms with Gasteiger partial charge in [-0.2, -0.15) is 5.10 Å². The number of hydrogen-bond donors (Lipinski definition) is 2. The van der Waals surface area contributed by atoms with Crippen molar-refractivity contribution in [3.63, 3.8) is 0 Å². The van der Waals surface area contributed by atoms with Crippen LogP contribution in [0.15, 0.2) is 29.8 Å². The van der Waals surface area contributed by atoms with Gasteiger partial charge < -0.3 is 14.9 Å². The van der Waals surface area contributed by atoms with Crippen LogP contribution in [-0.4, -0.2) is 64.0 Å². The lowest BCUT2D eigenvalue weighted by atomic mass is 9.94. The van der Waals surface area contributed by atoms with E-state index in [1.807, 2.05) is 19.0 Å². The van der Waals surface area contributed by atoms with Gasteiger partial charge in [-0.05, 0) is 34.0 Å². The lowest BCUT2D eigenvalue weighted by Crippen LogP contribution is -2.35. The minimum absolute atomic E-state index is 0.124. The Morgan fingerprint density at radius 3 is 2.54 bits per heavy atom. The molecule has 0 bridgehead atoms. The van der Waals surface area contributed by atoms with Crippen LogP contribution in [0, 0.1) is 19.7 Å². The summed E-state index contributed by atoms with van der Waals surface area (Å²) in [5, 5.41) is 17.8. The Morgan fingerprint density at radius 1 is 1.29 bits per heavy atom. The fraction of sp³-hybridized carbons (Fsp3) is 0.350. The maximum Gasteiger partial charge on any atom is 0.295 e. The fourth-order valence-corrected chi connectivity index (χ4v) is 3.47. The third kappa shape index (κ3) is 3.31. The average molecular weight is 386 g/mol. The van der Waals surface area contributed by atoms with Crippen LogP contribution >= 0.6 is 0 Å². The first-order valence-electron chi connectivity index (χ1n) is 8.93. The molecule has 1 aliphatic heterocycles. The monoisotopic (exact) mass is 386 g/mol. The van der Waals surface area contributed by atoms with Crippen LogP contribution in [0.4, 0.5) is 4.39 Å². The highest BCUT2D eigenvalue weighted by Gasteiger charge is 2.47. The van der Waals surface area contributed by atoms with Crippen LogP contribution < -0.4 is 0 Å². The number of aromatic nitrogens is 2. The molecule has 8 heteroatoms. The number of aromatic amines is 1. The summed E-state index contributed by atoms with van der Waals surface area (Å²) in [6, 6.07) is 4.97.